The van der Waals surface area contributed by atoms with Gasteiger partial charge in [-0.1, -0.05) is 19.9 Å². The van der Waals surface area contributed by atoms with Gasteiger partial charge in [0.05, 0.1) is 9.82 Å². The molecule has 0 amide bonds. The van der Waals surface area contributed by atoms with E-state index in [4.69, 9.17) is 0 Å². The number of halogens is 2. The van der Waals surface area contributed by atoms with Gasteiger partial charge in [-0.15, -0.1) is 0 Å². The van der Waals surface area contributed by atoms with E-state index in [1.807, 2.05) is 13.8 Å². The van der Waals surface area contributed by atoms with Crippen LogP contribution in [0.25, 0.3) is 0 Å². The lowest BCUT2D eigenvalue weighted by molar-refractivity contribution is -0.384. The standard InChI is InChI=1S/C17H19F2N3O4S/c1-11(2)9-21-27(25,26)14-5-6-17(22(23)24)16(8-14)20-10-12-3-4-13(18)7-15(12)19/h3-8,11,20-21H,9-10H2,1-2H3. The van der Waals surface area contributed by atoms with Crippen molar-refractivity contribution in [1.29, 1.82) is 0 Å². The van der Waals surface area contributed by atoms with E-state index in [1.54, 1.807) is 0 Å². The van der Waals surface area contributed by atoms with Crippen molar-refractivity contribution in [1.82, 2.24) is 4.72 Å². The van der Waals surface area contributed by atoms with Gasteiger partial charge >= 0.3 is 0 Å². The molecule has 0 bridgehead atoms. The minimum absolute atomic E-state index is 0.0804. The molecule has 0 radical (unpaired) electrons. The molecule has 0 aliphatic heterocycles. The van der Waals surface area contributed by atoms with Crippen LogP contribution in [0.4, 0.5) is 20.2 Å². The molecule has 2 aromatic carbocycles. The van der Waals surface area contributed by atoms with Crippen LogP contribution in [0.1, 0.15) is 19.4 Å². The van der Waals surface area contributed by atoms with E-state index in [0.29, 0.717) is 6.07 Å². The third-order valence-corrected chi connectivity index (χ3v) is 5.06. The summed E-state index contributed by atoms with van der Waals surface area (Å²) in [5.41, 5.74) is -0.367. The van der Waals surface area contributed by atoms with E-state index >= 15 is 0 Å². The summed E-state index contributed by atoms with van der Waals surface area (Å²) in [6.45, 7) is 3.70. The second kappa shape index (κ2) is 8.40. The fourth-order valence-corrected chi connectivity index (χ4v) is 3.44. The predicted octanol–water partition coefficient (Wildman–Crippen LogP) is 3.42. The molecule has 2 aromatic rings. The molecule has 0 atom stereocenters. The SMILES string of the molecule is CC(C)CNS(=O)(=O)c1ccc([N+](=O)[O-])c(NCc2ccc(F)cc2F)c1. The molecule has 0 saturated carbocycles. The second-order valence-corrected chi connectivity index (χ2v) is 8.04. The van der Waals surface area contributed by atoms with Gasteiger partial charge in [0.25, 0.3) is 5.69 Å². The molecule has 0 spiro atoms. The molecular formula is C17H19F2N3O4S. The van der Waals surface area contributed by atoms with Crippen molar-refractivity contribution in [3.63, 3.8) is 0 Å². The first-order valence-electron chi connectivity index (χ1n) is 8.06. The summed E-state index contributed by atoms with van der Waals surface area (Å²) in [6, 6.07) is 6.27. The van der Waals surface area contributed by atoms with Gasteiger partial charge in [0, 0.05) is 30.8 Å². The minimum Gasteiger partial charge on any atom is -0.375 e. The molecule has 0 aliphatic carbocycles. The van der Waals surface area contributed by atoms with Crippen LogP contribution < -0.4 is 10.0 Å². The number of hydrogen-bond donors (Lipinski definition) is 2. The topological polar surface area (TPSA) is 101 Å². The monoisotopic (exact) mass is 399 g/mol. The molecular weight excluding hydrogens is 380 g/mol. The van der Waals surface area contributed by atoms with Crippen LogP contribution in [0, 0.1) is 27.7 Å². The van der Waals surface area contributed by atoms with Crippen molar-refractivity contribution < 1.29 is 22.1 Å². The summed E-state index contributed by atoms with van der Waals surface area (Å²) in [5.74, 6) is -1.48. The summed E-state index contributed by atoms with van der Waals surface area (Å²) in [4.78, 5) is 10.4. The van der Waals surface area contributed by atoms with Gasteiger partial charge in [0.15, 0.2) is 0 Å². The van der Waals surface area contributed by atoms with Gasteiger partial charge in [0.2, 0.25) is 10.0 Å². The number of nitrogens with one attached hydrogen (secondary N) is 2. The van der Waals surface area contributed by atoms with E-state index in [2.05, 4.69) is 10.0 Å². The highest BCUT2D eigenvalue weighted by Gasteiger charge is 2.21. The van der Waals surface area contributed by atoms with Gasteiger partial charge < -0.3 is 5.32 Å². The maximum absolute atomic E-state index is 13.7. The molecule has 0 aliphatic rings. The van der Waals surface area contributed by atoms with Crippen molar-refractivity contribution in [3.05, 3.63) is 63.7 Å². The van der Waals surface area contributed by atoms with Crippen molar-refractivity contribution >= 4 is 21.4 Å². The Kier molecular flexibility index (Phi) is 6.45. The molecule has 0 fully saturated rings. The molecule has 27 heavy (non-hydrogen) atoms. The molecule has 146 valence electrons. The van der Waals surface area contributed by atoms with E-state index < -0.39 is 26.6 Å². The maximum Gasteiger partial charge on any atom is 0.292 e. The van der Waals surface area contributed by atoms with Gasteiger partial charge in [-0.2, -0.15) is 0 Å². The zero-order valence-corrected chi connectivity index (χ0v) is 15.5. The molecule has 0 unspecified atom stereocenters. The van der Waals surface area contributed by atoms with Gasteiger partial charge in [0.1, 0.15) is 17.3 Å². The third-order valence-electron chi connectivity index (χ3n) is 3.64. The number of rotatable bonds is 8. The summed E-state index contributed by atoms with van der Waals surface area (Å²) >= 11 is 0. The van der Waals surface area contributed by atoms with Crippen LogP contribution in [-0.2, 0) is 16.6 Å². The van der Waals surface area contributed by atoms with Crippen molar-refractivity contribution in [3.8, 4) is 0 Å². The zero-order chi connectivity index (χ0) is 20.2. The molecule has 0 heterocycles. The van der Waals surface area contributed by atoms with Gasteiger partial charge in [-0.25, -0.2) is 21.9 Å². The summed E-state index contributed by atoms with van der Waals surface area (Å²) < 4.78 is 53.8. The van der Waals surface area contributed by atoms with Gasteiger partial charge in [-0.05, 0) is 24.1 Å². The first-order chi connectivity index (χ1) is 12.6. The summed E-state index contributed by atoms with van der Waals surface area (Å²) in [6.07, 6.45) is 0. The van der Waals surface area contributed by atoms with Crippen LogP contribution in [0.15, 0.2) is 41.3 Å². The highest BCUT2D eigenvalue weighted by molar-refractivity contribution is 7.89. The van der Waals surface area contributed by atoms with E-state index in [-0.39, 0.29) is 40.8 Å². The van der Waals surface area contributed by atoms with Gasteiger partial charge in [-0.3, -0.25) is 10.1 Å². The van der Waals surface area contributed by atoms with E-state index in [9.17, 15) is 27.3 Å². The molecule has 0 saturated heterocycles. The Balaban J connectivity index is 2.31. The minimum atomic E-state index is -3.85. The Morgan fingerprint density at radius 3 is 2.44 bits per heavy atom. The molecule has 7 nitrogen and oxygen atoms in total. The molecule has 10 heteroatoms. The number of anilines is 1. The number of hydrogen-bond acceptors (Lipinski definition) is 5. The average molecular weight is 399 g/mol. The van der Waals surface area contributed by atoms with Crippen LogP contribution >= 0.6 is 0 Å². The Labute approximate surface area is 155 Å². The quantitative estimate of drug-likeness (QED) is 0.523. The van der Waals surface area contributed by atoms with E-state index in [1.165, 1.54) is 6.07 Å². The molecule has 2 rings (SSSR count). The lowest BCUT2D eigenvalue weighted by Gasteiger charge is -2.12. The van der Waals surface area contributed by atoms with Crippen LogP contribution in [-0.4, -0.2) is 19.9 Å². The highest BCUT2D eigenvalue weighted by Crippen LogP contribution is 2.28. The zero-order valence-electron chi connectivity index (χ0n) is 14.7. The lowest BCUT2D eigenvalue weighted by atomic mass is 10.2. The third kappa shape index (κ3) is 5.44. The van der Waals surface area contributed by atoms with Crippen LogP contribution in [0.5, 0.6) is 0 Å². The largest absolute Gasteiger partial charge is 0.375 e. The fraction of sp³-hybridized carbons (Fsp3) is 0.294. The van der Waals surface area contributed by atoms with Crippen molar-refractivity contribution in [2.75, 3.05) is 11.9 Å². The number of benzene rings is 2. The lowest BCUT2D eigenvalue weighted by Crippen LogP contribution is -2.27. The highest BCUT2D eigenvalue weighted by atomic mass is 32.2. The van der Waals surface area contributed by atoms with E-state index in [0.717, 1.165) is 24.3 Å². The Hall–Kier alpha value is -2.59. The Morgan fingerprint density at radius 1 is 1.15 bits per heavy atom. The number of sulfonamides is 1. The fourth-order valence-electron chi connectivity index (χ4n) is 2.20. The predicted molar refractivity (Wildman–Crippen MR) is 96.8 cm³/mol. The Bertz CT molecular complexity index is 949. The number of nitro groups is 1. The first-order valence-corrected chi connectivity index (χ1v) is 9.54. The first kappa shape index (κ1) is 20.7. The smallest absolute Gasteiger partial charge is 0.292 e. The van der Waals surface area contributed by atoms with Crippen molar-refractivity contribution in [2.45, 2.75) is 25.3 Å². The Morgan fingerprint density at radius 2 is 1.85 bits per heavy atom. The number of nitro benzene ring substituents is 1. The average Bonchev–Trinajstić information content (AvgIpc) is 2.59. The molecule has 2 N–H and O–H groups in total. The number of nitrogens with zero attached hydrogens (tertiary/aromatic N) is 1. The normalized spacial score (nSPS) is 11.6. The van der Waals surface area contributed by atoms with Crippen LogP contribution in [0.2, 0.25) is 0 Å². The second-order valence-electron chi connectivity index (χ2n) is 6.27. The molecule has 0 aromatic heterocycles. The maximum atomic E-state index is 13.7. The van der Waals surface area contributed by atoms with Crippen LogP contribution in [0.3, 0.4) is 0 Å². The summed E-state index contributed by atoms with van der Waals surface area (Å²) in [7, 11) is -3.85. The summed E-state index contributed by atoms with van der Waals surface area (Å²) in [5, 5.41) is 13.8. The van der Waals surface area contributed by atoms with Crippen molar-refractivity contribution in [2.24, 2.45) is 5.92 Å².